The molecular weight excluding hydrogens is 646 g/mol. The standard InChI is InChI=1S/C42H33NO8/c1-51-33-17-9-16-29(38(33)46)36-27-18-19-28-35(40(48)43(39(28)47)26-15-8-12-24(20-26)41(49)50)31(27)21-32-37(45)30(23-10-4-2-5-11-23)22-34(44)42(32,36)25-13-6-3-7-14-25/h2-18,20,22,28,31-32,35-36,46H,19,21H2,1H3,(H,49,50)/t28-,31+,32-,35-,36+,42-/m0/s1. The van der Waals surface area contributed by atoms with Gasteiger partial charge in [0.25, 0.3) is 0 Å². The van der Waals surface area contributed by atoms with E-state index in [4.69, 9.17) is 4.74 Å². The average Bonchev–Trinajstić information content (AvgIpc) is 3.42. The van der Waals surface area contributed by atoms with Crippen molar-refractivity contribution in [2.75, 3.05) is 12.0 Å². The van der Waals surface area contributed by atoms with Gasteiger partial charge in [-0.25, -0.2) is 4.79 Å². The van der Waals surface area contributed by atoms with Crippen LogP contribution in [0.4, 0.5) is 5.69 Å². The van der Waals surface area contributed by atoms with Crippen molar-refractivity contribution in [3.63, 3.8) is 0 Å². The van der Waals surface area contributed by atoms with E-state index >= 15 is 9.59 Å². The normalized spacial score (nSPS) is 26.8. The molecule has 4 aromatic carbocycles. The quantitative estimate of drug-likeness (QED) is 0.184. The van der Waals surface area contributed by atoms with Crippen LogP contribution in [0.1, 0.15) is 45.8 Å². The minimum absolute atomic E-state index is 0.0628. The van der Waals surface area contributed by atoms with Gasteiger partial charge in [0.05, 0.1) is 35.6 Å². The van der Waals surface area contributed by atoms with Crippen LogP contribution in [0.2, 0.25) is 0 Å². The number of nitrogens with zero attached hydrogens (tertiary/aromatic N) is 1. The zero-order valence-corrected chi connectivity index (χ0v) is 27.6. The number of fused-ring (bicyclic) bond motifs is 4. The van der Waals surface area contributed by atoms with E-state index in [0.717, 1.165) is 4.90 Å². The molecule has 9 nitrogen and oxygen atoms in total. The SMILES string of the molecule is COc1cccc([C@H]2C3=CC[C@@H]4C(=O)N(c5cccc(C(=O)O)c5)C(=O)[C@@H]4[C@@H]3C[C@H]3C(=O)C(c4ccccc4)=CC(=O)[C@@]23c2ccccc2)c1O. The third-order valence-corrected chi connectivity index (χ3v) is 11.3. The molecule has 4 aromatic rings. The minimum atomic E-state index is -1.50. The number of phenols is 1. The summed E-state index contributed by atoms with van der Waals surface area (Å²) in [6.07, 6.45) is 3.62. The molecule has 0 spiro atoms. The van der Waals surface area contributed by atoms with Crippen molar-refractivity contribution in [2.45, 2.75) is 24.2 Å². The van der Waals surface area contributed by atoms with E-state index in [1.54, 1.807) is 42.5 Å². The van der Waals surface area contributed by atoms with Crippen molar-refractivity contribution in [3.8, 4) is 11.5 Å². The molecule has 9 heteroatoms. The van der Waals surface area contributed by atoms with Gasteiger partial charge in [0.15, 0.2) is 23.1 Å². The van der Waals surface area contributed by atoms with Gasteiger partial charge in [-0.05, 0) is 60.2 Å². The number of para-hydroxylation sites is 1. The van der Waals surface area contributed by atoms with Gasteiger partial charge < -0.3 is 14.9 Å². The first-order valence-electron chi connectivity index (χ1n) is 16.9. The fourth-order valence-corrected chi connectivity index (χ4v) is 9.19. The van der Waals surface area contributed by atoms with Gasteiger partial charge in [0, 0.05) is 23.0 Å². The molecule has 254 valence electrons. The Morgan fingerprint density at radius 1 is 0.843 bits per heavy atom. The highest BCUT2D eigenvalue weighted by Crippen LogP contribution is 2.65. The summed E-state index contributed by atoms with van der Waals surface area (Å²) in [5, 5.41) is 21.4. The first kappa shape index (κ1) is 32.1. The van der Waals surface area contributed by atoms with E-state index in [2.05, 4.69) is 0 Å². The number of allylic oxidation sites excluding steroid dienone is 4. The Morgan fingerprint density at radius 3 is 2.25 bits per heavy atom. The third kappa shape index (κ3) is 4.64. The number of hydrogen-bond donors (Lipinski definition) is 2. The Hall–Kier alpha value is -6.09. The second-order valence-electron chi connectivity index (χ2n) is 13.6. The third-order valence-electron chi connectivity index (χ3n) is 11.3. The van der Waals surface area contributed by atoms with E-state index in [9.17, 15) is 24.6 Å². The van der Waals surface area contributed by atoms with E-state index < -0.39 is 52.8 Å². The smallest absolute Gasteiger partial charge is 0.335 e. The van der Waals surface area contributed by atoms with Crippen molar-refractivity contribution in [1.29, 1.82) is 0 Å². The molecule has 0 unspecified atom stereocenters. The van der Waals surface area contributed by atoms with E-state index in [1.165, 1.54) is 37.5 Å². The van der Waals surface area contributed by atoms with Gasteiger partial charge in [-0.3, -0.25) is 24.1 Å². The fourth-order valence-electron chi connectivity index (χ4n) is 9.19. The van der Waals surface area contributed by atoms with Gasteiger partial charge >= 0.3 is 5.97 Å². The number of anilines is 1. The monoisotopic (exact) mass is 679 g/mol. The number of carboxylic acid groups (broad SMARTS) is 1. The lowest BCUT2D eigenvalue weighted by molar-refractivity contribution is -0.135. The number of carboxylic acids is 1. The maximum atomic E-state index is 15.1. The first-order chi connectivity index (χ1) is 24.7. The molecular formula is C42H33NO8. The summed E-state index contributed by atoms with van der Waals surface area (Å²) in [6, 6.07) is 28.9. The Labute approximate surface area is 293 Å². The van der Waals surface area contributed by atoms with Gasteiger partial charge in [-0.15, -0.1) is 0 Å². The summed E-state index contributed by atoms with van der Waals surface area (Å²) in [7, 11) is 1.43. The number of aromatic hydroxyl groups is 1. The number of rotatable bonds is 6. The highest BCUT2D eigenvalue weighted by molar-refractivity contribution is 6.32. The van der Waals surface area contributed by atoms with Gasteiger partial charge in [-0.2, -0.15) is 0 Å². The molecule has 0 radical (unpaired) electrons. The number of aromatic carboxylic acids is 1. The van der Waals surface area contributed by atoms with Crippen LogP contribution in [0.15, 0.2) is 121 Å². The number of methoxy groups -OCH3 is 1. The number of carbonyl (C=O) groups excluding carboxylic acids is 4. The largest absolute Gasteiger partial charge is 0.504 e. The summed E-state index contributed by atoms with van der Waals surface area (Å²) in [6.45, 7) is 0. The number of imide groups is 1. The minimum Gasteiger partial charge on any atom is -0.504 e. The van der Waals surface area contributed by atoms with Crippen molar-refractivity contribution >= 4 is 40.6 Å². The van der Waals surface area contributed by atoms with Crippen LogP contribution in [0.3, 0.4) is 0 Å². The molecule has 6 atom stereocenters. The van der Waals surface area contributed by atoms with Crippen molar-refractivity contribution in [2.24, 2.45) is 23.7 Å². The fraction of sp³-hybridized carbons (Fsp3) is 0.214. The highest BCUT2D eigenvalue weighted by atomic mass is 16.5. The number of phenolic OH excluding ortho intramolecular Hbond substituents is 1. The second kappa shape index (κ2) is 12.1. The number of Topliss-reactive ketones (excluding diaryl/α,β-unsaturated/α-hetero) is 1. The van der Waals surface area contributed by atoms with Crippen molar-refractivity contribution in [3.05, 3.63) is 143 Å². The van der Waals surface area contributed by atoms with Crippen molar-refractivity contribution in [1.82, 2.24) is 0 Å². The molecule has 2 N–H and O–H groups in total. The predicted molar refractivity (Wildman–Crippen MR) is 187 cm³/mol. The van der Waals surface area contributed by atoms with E-state index in [1.807, 2.05) is 42.5 Å². The van der Waals surface area contributed by atoms with Crippen LogP contribution in [-0.2, 0) is 24.6 Å². The Bertz CT molecular complexity index is 2210. The molecule has 51 heavy (non-hydrogen) atoms. The molecule has 0 aromatic heterocycles. The Balaban J connectivity index is 1.36. The van der Waals surface area contributed by atoms with Crippen LogP contribution in [0.25, 0.3) is 5.57 Å². The van der Waals surface area contributed by atoms with E-state index in [0.29, 0.717) is 22.3 Å². The summed E-state index contributed by atoms with van der Waals surface area (Å²) < 4.78 is 5.52. The number of carbonyl (C=O) groups is 5. The van der Waals surface area contributed by atoms with Crippen LogP contribution in [-0.4, -0.2) is 46.7 Å². The lowest BCUT2D eigenvalue weighted by atomic mass is 9.44. The molecule has 0 bridgehead atoms. The molecule has 2 fully saturated rings. The van der Waals surface area contributed by atoms with Crippen LogP contribution >= 0.6 is 0 Å². The zero-order valence-electron chi connectivity index (χ0n) is 27.6. The molecule has 3 aliphatic carbocycles. The number of amides is 2. The number of hydrogen-bond acceptors (Lipinski definition) is 7. The lowest BCUT2D eigenvalue weighted by Gasteiger charge is -2.55. The lowest BCUT2D eigenvalue weighted by Crippen LogP contribution is -2.58. The molecule has 1 aliphatic heterocycles. The van der Waals surface area contributed by atoms with Crippen LogP contribution in [0.5, 0.6) is 11.5 Å². The van der Waals surface area contributed by atoms with Gasteiger partial charge in [-0.1, -0.05) is 90.5 Å². The predicted octanol–water partition coefficient (Wildman–Crippen LogP) is 6.13. The molecule has 2 amide bonds. The van der Waals surface area contributed by atoms with Crippen molar-refractivity contribution < 1.29 is 38.9 Å². The Kier molecular flexibility index (Phi) is 7.59. The zero-order chi connectivity index (χ0) is 35.6. The molecule has 1 saturated carbocycles. The maximum Gasteiger partial charge on any atom is 0.335 e. The highest BCUT2D eigenvalue weighted by Gasteiger charge is 2.66. The second-order valence-corrected chi connectivity index (χ2v) is 13.6. The number of benzene rings is 4. The van der Waals surface area contributed by atoms with Gasteiger partial charge in [0.1, 0.15) is 0 Å². The van der Waals surface area contributed by atoms with Gasteiger partial charge in [0.2, 0.25) is 11.8 Å². The summed E-state index contributed by atoms with van der Waals surface area (Å²) in [4.78, 5) is 71.6. The molecule has 8 rings (SSSR count). The molecule has 1 saturated heterocycles. The van der Waals surface area contributed by atoms with Crippen LogP contribution in [0, 0.1) is 23.7 Å². The number of ether oxygens (including phenoxy) is 1. The topological polar surface area (TPSA) is 138 Å². The van der Waals surface area contributed by atoms with Crippen LogP contribution < -0.4 is 9.64 Å². The maximum absolute atomic E-state index is 15.1. The average molecular weight is 680 g/mol. The summed E-state index contributed by atoms with van der Waals surface area (Å²) in [5.41, 5.74) is 1.13. The summed E-state index contributed by atoms with van der Waals surface area (Å²) in [5.74, 6) is -6.86. The molecule has 1 heterocycles. The number of ketones is 2. The summed E-state index contributed by atoms with van der Waals surface area (Å²) >= 11 is 0. The Morgan fingerprint density at radius 2 is 1.55 bits per heavy atom. The molecule has 4 aliphatic rings. The first-order valence-corrected chi connectivity index (χ1v) is 16.9. The van der Waals surface area contributed by atoms with E-state index in [-0.39, 0.29) is 52.7 Å².